The molecule has 1 rings (SSSR count). The van der Waals surface area contributed by atoms with Crippen LogP contribution in [0, 0.1) is 17.3 Å². The molecule has 0 aromatic carbocycles. The third-order valence-electron chi connectivity index (χ3n) is 3.74. The summed E-state index contributed by atoms with van der Waals surface area (Å²) in [4.78, 5) is 11.8. The van der Waals surface area contributed by atoms with E-state index in [0.717, 1.165) is 19.3 Å². The maximum absolute atomic E-state index is 11.8. The van der Waals surface area contributed by atoms with Crippen molar-refractivity contribution in [3.05, 3.63) is 0 Å². The van der Waals surface area contributed by atoms with Gasteiger partial charge < -0.3 is 0 Å². The summed E-state index contributed by atoms with van der Waals surface area (Å²) in [6.07, 6.45) is 4.27. The molecule has 0 N–H and O–H groups in total. The van der Waals surface area contributed by atoms with Gasteiger partial charge >= 0.3 is 0 Å². The second kappa shape index (κ2) is 3.81. The number of hydrogen-bond donors (Lipinski definition) is 0. The lowest BCUT2D eigenvalue weighted by molar-refractivity contribution is -0.130. The summed E-state index contributed by atoms with van der Waals surface area (Å²) in [5, 5.41) is 0. The molecule has 1 nitrogen and oxygen atoms in total. The summed E-state index contributed by atoms with van der Waals surface area (Å²) in [6, 6.07) is 0. The number of rotatable bonds is 2. The van der Waals surface area contributed by atoms with Crippen LogP contribution >= 0.6 is 0 Å². The Labute approximate surface area is 81.9 Å². The van der Waals surface area contributed by atoms with Gasteiger partial charge in [-0.25, -0.2) is 0 Å². The molecule has 0 aromatic rings. The molecular formula is C12H22O. The van der Waals surface area contributed by atoms with Crippen molar-refractivity contribution in [2.45, 2.75) is 53.4 Å². The normalized spacial score (nSPS) is 30.6. The molecule has 1 aliphatic carbocycles. The van der Waals surface area contributed by atoms with Crippen LogP contribution in [0.1, 0.15) is 53.4 Å². The lowest BCUT2D eigenvalue weighted by Gasteiger charge is -2.36. The molecule has 0 amide bonds. The molecule has 13 heavy (non-hydrogen) atoms. The van der Waals surface area contributed by atoms with Crippen molar-refractivity contribution in [3.63, 3.8) is 0 Å². The molecular weight excluding hydrogens is 160 g/mol. The minimum Gasteiger partial charge on any atom is -0.299 e. The van der Waals surface area contributed by atoms with Crippen LogP contribution in [0.5, 0.6) is 0 Å². The van der Waals surface area contributed by atoms with E-state index in [1.54, 1.807) is 0 Å². The molecule has 0 radical (unpaired) electrons. The van der Waals surface area contributed by atoms with Crippen molar-refractivity contribution < 1.29 is 4.79 Å². The highest BCUT2D eigenvalue weighted by Crippen LogP contribution is 2.39. The van der Waals surface area contributed by atoms with Crippen LogP contribution in [-0.2, 0) is 4.79 Å². The van der Waals surface area contributed by atoms with Gasteiger partial charge in [0.2, 0.25) is 0 Å². The molecule has 1 aliphatic rings. The van der Waals surface area contributed by atoms with Crippen molar-refractivity contribution in [2.75, 3.05) is 0 Å². The Morgan fingerprint density at radius 1 is 1.38 bits per heavy atom. The van der Waals surface area contributed by atoms with E-state index in [2.05, 4.69) is 27.7 Å². The lowest BCUT2D eigenvalue weighted by Crippen LogP contribution is -2.34. The van der Waals surface area contributed by atoms with E-state index in [4.69, 9.17) is 0 Å². The Morgan fingerprint density at radius 2 is 2.00 bits per heavy atom. The van der Waals surface area contributed by atoms with Crippen molar-refractivity contribution in [1.29, 1.82) is 0 Å². The number of ketones is 1. The van der Waals surface area contributed by atoms with Gasteiger partial charge in [0.15, 0.2) is 0 Å². The van der Waals surface area contributed by atoms with Gasteiger partial charge in [-0.3, -0.25) is 4.79 Å². The highest BCUT2D eigenvalue weighted by Gasteiger charge is 2.36. The third-order valence-corrected chi connectivity index (χ3v) is 3.74. The largest absolute Gasteiger partial charge is 0.299 e. The Balaban J connectivity index is 2.66. The zero-order chi connectivity index (χ0) is 10.1. The van der Waals surface area contributed by atoms with Crippen molar-refractivity contribution >= 4 is 5.78 Å². The smallest absolute Gasteiger partial charge is 0.136 e. The average molecular weight is 182 g/mol. The quantitative estimate of drug-likeness (QED) is 0.639. The molecule has 0 spiro atoms. The SMILES string of the molecule is CCC(C)(C)C1CCC(C)CC1=O. The summed E-state index contributed by atoms with van der Waals surface area (Å²) in [7, 11) is 0. The standard InChI is InChI=1S/C12H22O/c1-5-12(3,4)10-7-6-9(2)8-11(10)13/h9-10H,5-8H2,1-4H3. The van der Waals surface area contributed by atoms with Gasteiger partial charge in [0.05, 0.1) is 0 Å². The van der Waals surface area contributed by atoms with Crippen molar-refractivity contribution in [3.8, 4) is 0 Å². The van der Waals surface area contributed by atoms with E-state index < -0.39 is 0 Å². The Bertz CT molecular complexity index is 193. The summed E-state index contributed by atoms with van der Waals surface area (Å²) < 4.78 is 0. The van der Waals surface area contributed by atoms with Gasteiger partial charge in [-0.2, -0.15) is 0 Å². The summed E-state index contributed by atoms with van der Waals surface area (Å²) >= 11 is 0. The van der Waals surface area contributed by atoms with E-state index >= 15 is 0 Å². The highest BCUT2D eigenvalue weighted by atomic mass is 16.1. The molecule has 1 fully saturated rings. The fourth-order valence-electron chi connectivity index (χ4n) is 2.27. The molecule has 0 bridgehead atoms. The number of hydrogen-bond acceptors (Lipinski definition) is 1. The first kappa shape index (κ1) is 10.7. The molecule has 76 valence electrons. The van der Waals surface area contributed by atoms with Crippen LogP contribution in [0.25, 0.3) is 0 Å². The maximum atomic E-state index is 11.8. The predicted molar refractivity (Wildman–Crippen MR) is 55.6 cm³/mol. The minimum absolute atomic E-state index is 0.219. The van der Waals surface area contributed by atoms with Crippen LogP contribution in [-0.4, -0.2) is 5.78 Å². The topological polar surface area (TPSA) is 17.1 Å². The summed E-state index contributed by atoms with van der Waals surface area (Å²) in [6.45, 7) is 8.83. The van der Waals surface area contributed by atoms with Crippen molar-refractivity contribution in [1.82, 2.24) is 0 Å². The van der Waals surface area contributed by atoms with Crippen LogP contribution < -0.4 is 0 Å². The first-order valence-electron chi connectivity index (χ1n) is 5.50. The first-order valence-corrected chi connectivity index (χ1v) is 5.50. The molecule has 0 heterocycles. The predicted octanol–water partition coefficient (Wildman–Crippen LogP) is 3.43. The summed E-state index contributed by atoms with van der Waals surface area (Å²) in [5.41, 5.74) is 0.219. The average Bonchev–Trinajstić information content (AvgIpc) is 2.03. The van der Waals surface area contributed by atoms with Crippen LogP contribution in [0.4, 0.5) is 0 Å². The molecule has 1 saturated carbocycles. The van der Waals surface area contributed by atoms with E-state index in [0.29, 0.717) is 17.6 Å². The van der Waals surface area contributed by atoms with Crippen molar-refractivity contribution in [2.24, 2.45) is 17.3 Å². The van der Waals surface area contributed by atoms with Gasteiger partial charge in [-0.05, 0) is 24.2 Å². The molecule has 0 aromatic heterocycles. The molecule has 2 unspecified atom stereocenters. The highest BCUT2D eigenvalue weighted by molar-refractivity contribution is 5.82. The zero-order valence-electron chi connectivity index (χ0n) is 9.39. The minimum atomic E-state index is 0.219. The van der Waals surface area contributed by atoms with E-state index in [9.17, 15) is 4.79 Å². The second-order valence-corrected chi connectivity index (χ2v) is 5.25. The second-order valence-electron chi connectivity index (χ2n) is 5.25. The molecule has 2 atom stereocenters. The van der Waals surface area contributed by atoms with E-state index in [-0.39, 0.29) is 5.41 Å². The van der Waals surface area contributed by atoms with Crippen LogP contribution in [0.15, 0.2) is 0 Å². The lowest BCUT2D eigenvalue weighted by atomic mass is 9.67. The fraction of sp³-hybridized carbons (Fsp3) is 0.917. The van der Waals surface area contributed by atoms with Crippen LogP contribution in [0.3, 0.4) is 0 Å². The molecule has 0 aliphatic heterocycles. The summed E-state index contributed by atoms with van der Waals surface area (Å²) in [5.74, 6) is 1.45. The van der Waals surface area contributed by atoms with Crippen LogP contribution in [0.2, 0.25) is 0 Å². The Hall–Kier alpha value is -0.330. The molecule has 0 saturated heterocycles. The number of Topliss-reactive ketones (excluding diaryl/α,β-unsaturated/α-hetero) is 1. The van der Waals surface area contributed by atoms with E-state index in [1.165, 1.54) is 6.42 Å². The maximum Gasteiger partial charge on any atom is 0.136 e. The Kier molecular flexibility index (Phi) is 3.15. The van der Waals surface area contributed by atoms with Gasteiger partial charge in [-0.15, -0.1) is 0 Å². The first-order chi connectivity index (χ1) is 5.97. The zero-order valence-corrected chi connectivity index (χ0v) is 9.39. The van der Waals surface area contributed by atoms with Gasteiger partial charge in [0, 0.05) is 12.3 Å². The molecule has 1 heteroatoms. The third kappa shape index (κ3) is 2.32. The van der Waals surface area contributed by atoms with Gasteiger partial charge in [-0.1, -0.05) is 34.1 Å². The monoisotopic (exact) mass is 182 g/mol. The van der Waals surface area contributed by atoms with Gasteiger partial charge in [0.1, 0.15) is 5.78 Å². The van der Waals surface area contributed by atoms with Gasteiger partial charge in [0.25, 0.3) is 0 Å². The Morgan fingerprint density at radius 3 is 2.46 bits per heavy atom. The van der Waals surface area contributed by atoms with E-state index in [1.807, 2.05) is 0 Å². The fourth-order valence-corrected chi connectivity index (χ4v) is 2.27. The number of carbonyl (C=O) groups excluding carboxylic acids is 1. The number of carbonyl (C=O) groups is 1.